The highest BCUT2D eigenvalue weighted by Gasteiger charge is 2.45. The second-order valence-corrected chi connectivity index (χ2v) is 7.92. The predicted molar refractivity (Wildman–Crippen MR) is 109 cm³/mol. The van der Waals surface area contributed by atoms with Gasteiger partial charge in [-0.2, -0.15) is 0 Å². The molecular weight excluding hydrogens is 350 g/mol. The van der Waals surface area contributed by atoms with E-state index in [0.29, 0.717) is 32.2 Å². The van der Waals surface area contributed by atoms with Gasteiger partial charge < -0.3 is 10.1 Å². The van der Waals surface area contributed by atoms with E-state index in [-0.39, 0.29) is 5.91 Å². The minimum Gasteiger partial charge on any atom is -0.362 e. The summed E-state index contributed by atoms with van der Waals surface area (Å²) in [5.41, 5.74) is 1.10. The Morgan fingerprint density at radius 1 is 1.14 bits per heavy atom. The average molecular weight is 380 g/mol. The maximum Gasteiger partial charge on any atom is 0.254 e. The van der Waals surface area contributed by atoms with Gasteiger partial charge in [-0.05, 0) is 30.5 Å². The van der Waals surface area contributed by atoms with Crippen LogP contribution in [0.1, 0.15) is 36.9 Å². The van der Waals surface area contributed by atoms with Crippen molar-refractivity contribution < 1.29 is 9.53 Å². The van der Waals surface area contributed by atoms with Crippen LogP contribution < -0.4 is 5.32 Å². The Bertz CT molecular complexity index is 762. The van der Waals surface area contributed by atoms with E-state index in [0.717, 1.165) is 17.8 Å². The number of aromatic nitrogens is 1. The van der Waals surface area contributed by atoms with Gasteiger partial charge in [0.25, 0.3) is 5.91 Å². The first-order valence-corrected chi connectivity index (χ1v) is 10.4. The standard InChI is InChI=1S/C23H29N3O2/c27-22(25-17-19-8-2-1-3-9-19)23(16-20-10-6-7-13-24-20)18-26(14-15-28-23)21-11-4-5-12-21/h1-3,6-10,13,21H,4-5,11-12,14-18H2,(H,25,27)/t23-/m0/s1. The Morgan fingerprint density at radius 3 is 2.68 bits per heavy atom. The van der Waals surface area contributed by atoms with Gasteiger partial charge in [-0.1, -0.05) is 49.2 Å². The molecule has 28 heavy (non-hydrogen) atoms. The van der Waals surface area contributed by atoms with Crippen LogP contribution in [0.3, 0.4) is 0 Å². The van der Waals surface area contributed by atoms with Crippen molar-refractivity contribution in [2.75, 3.05) is 19.7 Å². The van der Waals surface area contributed by atoms with Crippen LogP contribution in [0.15, 0.2) is 54.7 Å². The minimum atomic E-state index is -0.885. The second-order valence-electron chi connectivity index (χ2n) is 7.92. The summed E-state index contributed by atoms with van der Waals surface area (Å²) in [7, 11) is 0. The van der Waals surface area contributed by atoms with Crippen molar-refractivity contribution in [2.45, 2.75) is 50.3 Å². The Labute approximate surface area is 167 Å². The zero-order chi connectivity index (χ0) is 19.2. The van der Waals surface area contributed by atoms with Crippen molar-refractivity contribution in [3.05, 3.63) is 66.0 Å². The Morgan fingerprint density at radius 2 is 1.93 bits per heavy atom. The summed E-state index contributed by atoms with van der Waals surface area (Å²) in [5, 5.41) is 3.12. The van der Waals surface area contributed by atoms with E-state index in [1.807, 2.05) is 48.5 Å². The molecule has 1 atom stereocenters. The fourth-order valence-electron chi connectivity index (χ4n) is 4.45. The monoisotopic (exact) mass is 379 g/mol. The summed E-state index contributed by atoms with van der Waals surface area (Å²) in [6.45, 7) is 2.63. The van der Waals surface area contributed by atoms with Crippen molar-refractivity contribution in [1.82, 2.24) is 15.2 Å². The van der Waals surface area contributed by atoms with Crippen LogP contribution in [-0.4, -0.2) is 47.1 Å². The number of rotatable bonds is 6. The summed E-state index contributed by atoms with van der Waals surface area (Å²) in [6.07, 6.45) is 7.31. The zero-order valence-electron chi connectivity index (χ0n) is 16.3. The van der Waals surface area contributed by atoms with Gasteiger partial charge in [0.1, 0.15) is 0 Å². The van der Waals surface area contributed by atoms with E-state index in [1.165, 1.54) is 25.7 Å². The lowest BCUT2D eigenvalue weighted by atomic mass is 9.92. The summed E-state index contributed by atoms with van der Waals surface area (Å²) in [5.74, 6) is -0.0373. The fraction of sp³-hybridized carbons (Fsp3) is 0.478. The van der Waals surface area contributed by atoms with E-state index in [4.69, 9.17) is 4.74 Å². The molecule has 2 aliphatic rings. The van der Waals surface area contributed by atoms with Crippen molar-refractivity contribution in [2.24, 2.45) is 0 Å². The van der Waals surface area contributed by atoms with Gasteiger partial charge in [0.2, 0.25) is 0 Å². The molecule has 1 aliphatic carbocycles. The van der Waals surface area contributed by atoms with Crippen LogP contribution in [0.4, 0.5) is 0 Å². The number of amides is 1. The van der Waals surface area contributed by atoms with Crippen LogP contribution in [0.2, 0.25) is 0 Å². The van der Waals surface area contributed by atoms with Crippen LogP contribution >= 0.6 is 0 Å². The smallest absolute Gasteiger partial charge is 0.254 e. The van der Waals surface area contributed by atoms with Crippen LogP contribution in [-0.2, 0) is 22.5 Å². The molecule has 1 saturated heterocycles. The number of carbonyl (C=O) groups is 1. The van der Waals surface area contributed by atoms with Crippen LogP contribution in [0, 0.1) is 0 Å². The molecular formula is C23H29N3O2. The highest BCUT2D eigenvalue weighted by Crippen LogP contribution is 2.30. The largest absolute Gasteiger partial charge is 0.362 e. The summed E-state index contributed by atoms with van der Waals surface area (Å²) in [4.78, 5) is 20.3. The quantitative estimate of drug-likeness (QED) is 0.838. The number of hydrogen-bond donors (Lipinski definition) is 1. The molecule has 4 rings (SSSR count). The lowest BCUT2D eigenvalue weighted by Crippen LogP contribution is -2.62. The van der Waals surface area contributed by atoms with Gasteiger partial charge in [-0.25, -0.2) is 0 Å². The zero-order valence-corrected chi connectivity index (χ0v) is 16.3. The predicted octanol–water partition coefficient (Wildman–Crippen LogP) is 2.95. The third kappa shape index (κ3) is 4.42. The molecule has 0 spiro atoms. The number of nitrogens with one attached hydrogen (secondary N) is 1. The third-order valence-electron chi connectivity index (χ3n) is 5.96. The van der Waals surface area contributed by atoms with Crippen LogP contribution in [0.25, 0.3) is 0 Å². The molecule has 1 aromatic carbocycles. The lowest BCUT2D eigenvalue weighted by molar-refractivity contribution is -0.163. The molecule has 2 aromatic rings. The summed E-state index contributed by atoms with van der Waals surface area (Å²) in [6, 6.07) is 16.4. The van der Waals surface area contributed by atoms with E-state index in [2.05, 4.69) is 15.2 Å². The van der Waals surface area contributed by atoms with Gasteiger partial charge in [-0.15, -0.1) is 0 Å². The minimum absolute atomic E-state index is 0.0373. The van der Waals surface area contributed by atoms with Gasteiger partial charge in [0.15, 0.2) is 5.60 Å². The molecule has 2 fully saturated rings. The van der Waals surface area contributed by atoms with Crippen molar-refractivity contribution in [3.8, 4) is 0 Å². The molecule has 1 amide bonds. The highest BCUT2D eigenvalue weighted by atomic mass is 16.5. The van der Waals surface area contributed by atoms with Crippen molar-refractivity contribution >= 4 is 5.91 Å². The number of nitrogens with zero attached hydrogens (tertiary/aromatic N) is 2. The topological polar surface area (TPSA) is 54.5 Å². The molecule has 148 valence electrons. The first-order chi connectivity index (χ1) is 13.8. The maximum atomic E-state index is 13.4. The molecule has 1 aliphatic heterocycles. The third-order valence-corrected chi connectivity index (χ3v) is 5.96. The normalized spacial score (nSPS) is 23.6. The average Bonchev–Trinajstić information content (AvgIpc) is 3.29. The Kier molecular flexibility index (Phi) is 6.03. The van der Waals surface area contributed by atoms with Crippen molar-refractivity contribution in [3.63, 3.8) is 0 Å². The van der Waals surface area contributed by atoms with Gasteiger partial charge in [0, 0.05) is 44.0 Å². The van der Waals surface area contributed by atoms with Crippen molar-refractivity contribution in [1.29, 1.82) is 0 Å². The van der Waals surface area contributed by atoms with E-state index >= 15 is 0 Å². The van der Waals surface area contributed by atoms with Gasteiger partial charge in [0.05, 0.1) is 6.61 Å². The summed E-state index contributed by atoms with van der Waals surface area (Å²) < 4.78 is 6.22. The number of benzene rings is 1. The molecule has 0 radical (unpaired) electrons. The molecule has 1 aromatic heterocycles. The number of ether oxygens (including phenoxy) is 1. The van der Waals surface area contributed by atoms with E-state index in [9.17, 15) is 4.79 Å². The van der Waals surface area contributed by atoms with Gasteiger partial charge >= 0.3 is 0 Å². The number of pyridine rings is 1. The number of morpholine rings is 1. The number of hydrogen-bond acceptors (Lipinski definition) is 4. The SMILES string of the molecule is O=C(NCc1ccccc1)[C@]1(Cc2ccccn2)CN(C2CCCC2)CCO1. The summed E-state index contributed by atoms with van der Waals surface area (Å²) >= 11 is 0. The van der Waals surface area contributed by atoms with E-state index < -0.39 is 5.60 Å². The molecule has 1 N–H and O–H groups in total. The second kappa shape index (κ2) is 8.84. The van der Waals surface area contributed by atoms with Gasteiger partial charge in [-0.3, -0.25) is 14.7 Å². The first kappa shape index (κ1) is 19.1. The molecule has 0 bridgehead atoms. The molecule has 5 nitrogen and oxygen atoms in total. The molecule has 2 heterocycles. The maximum absolute atomic E-state index is 13.4. The fourth-order valence-corrected chi connectivity index (χ4v) is 4.45. The number of carbonyl (C=O) groups excluding carboxylic acids is 1. The molecule has 1 saturated carbocycles. The first-order valence-electron chi connectivity index (χ1n) is 10.4. The molecule has 0 unspecified atom stereocenters. The lowest BCUT2D eigenvalue weighted by Gasteiger charge is -2.43. The highest BCUT2D eigenvalue weighted by molar-refractivity contribution is 5.86. The molecule has 5 heteroatoms. The van der Waals surface area contributed by atoms with E-state index in [1.54, 1.807) is 6.20 Å². The Balaban J connectivity index is 1.52. The Hall–Kier alpha value is -2.24. The van der Waals surface area contributed by atoms with Crippen LogP contribution in [0.5, 0.6) is 0 Å².